The third-order valence-electron chi connectivity index (χ3n) is 3.21. The van der Waals surface area contributed by atoms with Gasteiger partial charge in [0.25, 0.3) is 0 Å². The van der Waals surface area contributed by atoms with Gasteiger partial charge in [0.1, 0.15) is 12.1 Å². The molecule has 0 aliphatic rings. The number of nitrogens with one attached hydrogen (secondary N) is 2. The van der Waals surface area contributed by atoms with Gasteiger partial charge in [0, 0.05) is 0 Å². The van der Waals surface area contributed by atoms with Crippen LogP contribution in [-0.2, 0) is 19.2 Å². The van der Waals surface area contributed by atoms with Crippen LogP contribution in [0.4, 0.5) is 0 Å². The van der Waals surface area contributed by atoms with Crippen molar-refractivity contribution in [2.24, 2.45) is 11.7 Å². The highest BCUT2D eigenvalue weighted by Gasteiger charge is 2.30. The first-order chi connectivity index (χ1) is 11.1. The lowest BCUT2D eigenvalue weighted by Gasteiger charge is -2.23. The lowest BCUT2D eigenvalue weighted by Crippen LogP contribution is -2.56. The van der Waals surface area contributed by atoms with E-state index in [4.69, 9.17) is 15.9 Å². The normalized spacial score (nSPS) is 14.5. The second kappa shape index (κ2) is 10.9. The van der Waals surface area contributed by atoms with Crippen LogP contribution in [0, 0.1) is 5.92 Å². The van der Waals surface area contributed by atoms with E-state index in [1.165, 1.54) is 11.8 Å². The lowest BCUT2D eigenvalue weighted by molar-refractivity contribution is -0.144. The fourth-order valence-corrected chi connectivity index (χ4v) is 2.30. The van der Waals surface area contributed by atoms with Gasteiger partial charge in [0.05, 0.1) is 12.5 Å². The Morgan fingerprint density at radius 1 is 1.08 bits per heavy atom. The van der Waals surface area contributed by atoms with E-state index in [1.807, 2.05) is 6.26 Å². The maximum Gasteiger partial charge on any atom is 0.326 e. The molecule has 0 saturated heterocycles. The van der Waals surface area contributed by atoms with Crippen LogP contribution in [-0.4, -0.2) is 64.1 Å². The largest absolute Gasteiger partial charge is 0.481 e. The summed E-state index contributed by atoms with van der Waals surface area (Å²) in [6, 6.07) is -3.45. The van der Waals surface area contributed by atoms with Crippen molar-refractivity contribution < 1.29 is 29.4 Å². The van der Waals surface area contributed by atoms with Gasteiger partial charge in [0.2, 0.25) is 11.8 Å². The number of carbonyl (C=O) groups excluding carboxylic acids is 2. The molecule has 0 unspecified atom stereocenters. The first kappa shape index (κ1) is 22.2. The number of hydrogen-bond donors (Lipinski definition) is 5. The smallest absolute Gasteiger partial charge is 0.326 e. The summed E-state index contributed by atoms with van der Waals surface area (Å²) >= 11 is 1.50. The zero-order valence-electron chi connectivity index (χ0n) is 13.9. The molecule has 0 radical (unpaired) electrons. The molecule has 0 fully saturated rings. The molecule has 0 aromatic rings. The van der Waals surface area contributed by atoms with Crippen molar-refractivity contribution in [2.45, 2.75) is 44.8 Å². The Morgan fingerprint density at radius 3 is 2.08 bits per heavy atom. The number of nitrogens with two attached hydrogens (primary N) is 1. The van der Waals surface area contributed by atoms with E-state index >= 15 is 0 Å². The molecule has 10 heteroatoms. The highest BCUT2D eigenvalue weighted by molar-refractivity contribution is 7.98. The van der Waals surface area contributed by atoms with E-state index < -0.39 is 54.2 Å². The fourth-order valence-electron chi connectivity index (χ4n) is 1.81. The zero-order chi connectivity index (χ0) is 18.9. The number of hydrogen-bond acceptors (Lipinski definition) is 6. The average molecular weight is 363 g/mol. The Labute approximate surface area is 144 Å². The summed E-state index contributed by atoms with van der Waals surface area (Å²) in [5.74, 6) is -3.83. The monoisotopic (exact) mass is 363 g/mol. The number of carboxylic acids is 2. The molecular formula is C14H25N3O6S. The maximum atomic E-state index is 12.2. The van der Waals surface area contributed by atoms with Crippen molar-refractivity contribution in [3.8, 4) is 0 Å². The third kappa shape index (κ3) is 8.16. The van der Waals surface area contributed by atoms with Gasteiger partial charge in [-0.05, 0) is 24.3 Å². The molecule has 0 saturated carbocycles. The van der Waals surface area contributed by atoms with Gasteiger partial charge in [-0.2, -0.15) is 11.8 Å². The molecule has 3 atom stereocenters. The van der Waals surface area contributed by atoms with Crippen LogP contribution in [0.25, 0.3) is 0 Å². The minimum Gasteiger partial charge on any atom is -0.481 e. The molecular weight excluding hydrogens is 338 g/mol. The molecule has 0 aromatic heterocycles. The predicted octanol–water partition coefficient (Wildman–Crippen LogP) is -0.748. The zero-order valence-corrected chi connectivity index (χ0v) is 14.8. The summed E-state index contributed by atoms with van der Waals surface area (Å²) < 4.78 is 0. The Bertz CT molecular complexity index is 471. The van der Waals surface area contributed by atoms with Gasteiger partial charge < -0.3 is 26.6 Å². The van der Waals surface area contributed by atoms with Crippen molar-refractivity contribution in [3.05, 3.63) is 0 Å². The van der Waals surface area contributed by atoms with Crippen LogP contribution in [0.15, 0.2) is 0 Å². The topological polar surface area (TPSA) is 159 Å². The average Bonchev–Trinajstić information content (AvgIpc) is 2.47. The van der Waals surface area contributed by atoms with Crippen LogP contribution in [0.2, 0.25) is 0 Å². The molecule has 138 valence electrons. The molecule has 0 aliphatic carbocycles. The fraction of sp³-hybridized carbons (Fsp3) is 0.714. The van der Waals surface area contributed by atoms with E-state index in [9.17, 15) is 19.2 Å². The van der Waals surface area contributed by atoms with Gasteiger partial charge in [-0.3, -0.25) is 14.4 Å². The molecule has 0 aromatic carbocycles. The van der Waals surface area contributed by atoms with Crippen LogP contribution in [0.3, 0.4) is 0 Å². The maximum absolute atomic E-state index is 12.2. The molecule has 0 heterocycles. The van der Waals surface area contributed by atoms with Gasteiger partial charge in [0.15, 0.2) is 0 Å². The highest BCUT2D eigenvalue weighted by Crippen LogP contribution is 2.05. The number of carbonyl (C=O) groups is 4. The van der Waals surface area contributed by atoms with Crippen molar-refractivity contribution in [3.63, 3.8) is 0 Å². The summed E-state index contributed by atoms with van der Waals surface area (Å²) in [6.45, 7) is 3.20. The van der Waals surface area contributed by atoms with E-state index in [2.05, 4.69) is 10.6 Å². The molecule has 0 spiro atoms. The number of aliphatic carboxylic acids is 2. The minimum absolute atomic E-state index is 0.373. The van der Waals surface area contributed by atoms with Gasteiger partial charge in [-0.15, -0.1) is 0 Å². The summed E-state index contributed by atoms with van der Waals surface area (Å²) in [5.41, 5.74) is 5.68. The Kier molecular flexibility index (Phi) is 10.0. The summed E-state index contributed by atoms with van der Waals surface area (Å²) in [5, 5.41) is 22.5. The molecule has 0 aliphatic heterocycles. The Balaban J connectivity index is 4.98. The quantitative estimate of drug-likeness (QED) is 0.321. The lowest BCUT2D eigenvalue weighted by atomic mass is 10.0. The van der Waals surface area contributed by atoms with E-state index in [1.54, 1.807) is 13.8 Å². The second-order valence-electron chi connectivity index (χ2n) is 5.62. The van der Waals surface area contributed by atoms with Crippen LogP contribution < -0.4 is 16.4 Å². The van der Waals surface area contributed by atoms with Gasteiger partial charge >= 0.3 is 11.9 Å². The number of rotatable bonds is 11. The van der Waals surface area contributed by atoms with E-state index in [0.717, 1.165) is 0 Å². The van der Waals surface area contributed by atoms with Crippen LogP contribution in [0.5, 0.6) is 0 Å². The molecule has 6 N–H and O–H groups in total. The number of thioether (sulfide) groups is 1. The molecule has 0 rings (SSSR count). The number of amides is 2. The number of carboxylic acid groups (broad SMARTS) is 2. The SMILES string of the molecule is CSCC[C@H](N)C(=O)N[C@@H](CC(=O)O)C(=O)N[C@H](C(=O)O)C(C)C. The first-order valence-electron chi connectivity index (χ1n) is 7.40. The molecule has 2 amide bonds. The van der Waals surface area contributed by atoms with Crippen LogP contribution in [0.1, 0.15) is 26.7 Å². The van der Waals surface area contributed by atoms with Gasteiger partial charge in [-0.1, -0.05) is 13.8 Å². The van der Waals surface area contributed by atoms with E-state index in [0.29, 0.717) is 12.2 Å². The summed E-state index contributed by atoms with van der Waals surface area (Å²) in [6.07, 6.45) is 1.55. The Morgan fingerprint density at radius 2 is 1.67 bits per heavy atom. The van der Waals surface area contributed by atoms with Gasteiger partial charge in [-0.25, -0.2) is 4.79 Å². The van der Waals surface area contributed by atoms with Crippen molar-refractivity contribution in [1.82, 2.24) is 10.6 Å². The first-order valence-corrected chi connectivity index (χ1v) is 8.79. The standard InChI is InChI=1S/C14H25N3O6S/c1-7(2)11(14(22)23)17-13(21)9(6-10(18)19)16-12(20)8(15)4-5-24-3/h7-9,11H,4-6,15H2,1-3H3,(H,16,20)(H,17,21)(H,18,19)(H,22,23)/t8-,9-,11-/m0/s1. The Hall–Kier alpha value is -1.81. The molecule has 0 bridgehead atoms. The molecule has 24 heavy (non-hydrogen) atoms. The van der Waals surface area contributed by atoms with Crippen molar-refractivity contribution in [1.29, 1.82) is 0 Å². The van der Waals surface area contributed by atoms with Crippen molar-refractivity contribution >= 4 is 35.5 Å². The third-order valence-corrected chi connectivity index (χ3v) is 3.86. The van der Waals surface area contributed by atoms with Crippen LogP contribution >= 0.6 is 11.8 Å². The highest BCUT2D eigenvalue weighted by atomic mass is 32.2. The summed E-state index contributed by atoms with van der Waals surface area (Å²) in [7, 11) is 0. The second-order valence-corrected chi connectivity index (χ2v) is 6.60. The summed E-state index contributed by atoms with van der Waals surface area (Å²) in [4.78, 5) is 46.2. The predicted molar refractivity (Wildman–Crippen MR) is 89.6 cm³/mol. The van der Waals surface area contributed by atoms with Crippen molar-refractivity contribution in [2.75, 3.05) is 12.0 Å². The van der Waals surface area contributed by atoms with E-state index in [-0.39, 0.29) is 0 Å². The minimum atomic E-state index is -1.39. The molecule has 9 nitrogen and oxygen atoms in total.